The van der Waals surface area contributed by atoms with Crippen LogP contribution in [0.3, 0.4) is 0 Å². The first-order valence-electron chi connectivity index (χ1n) is 10.6. The lowest BCUT2D eigenvalue weighted by Gasteiger charge is -2.28. The number of benzene rings is 2. The van der Waals surface area contributed by atoms with Gasteiger partial charge in [0.05, 0.1) is 25.1 Å². The second-order valence-corrected chi connectivity index (χ2v) is 10.1. The normalized spacial score (nSPS) is 17.4. The van der Waals surface area contributed by atoms with Gasteiger partial charge in [-0.1, -0.05) is 12.1 Å². The third-order valence-corrected chi connectivity index (χ3v) is 7.31. The molecule has 0 saturated carbocycles. The van der Waals surface area contributed by atoms with E-state index in [2.05, 4.69) is 22.3 Å². The van der Waals surface area contributed by atoms with Crippen molar-refractivity contribution in [3.63, 3.8) is 0 Å². The van der Waals surface area contributed by atoms with Gasteiger partial charge in [0, 0.05) is 18.7 Å². The van der Waals surface area contributed by atoms with Crippen LogP contribution in [0.25, 0.3) is 0 Å². The first-order valence-corrected chi connectivity index (χ1v) is 12.5. The Kier molecular flexibility index (Phi) is 6.20. The van der Waals surface area contributed by atoms with Crippen molar-refractivity contribution in [2.45, 2.75) is 25.3 Å². The van der Waals surface area contributed by atoms with Crippen molar-refractivity contribution < 1.29 is 17.9 Å². The molecule has 166 valence electrons. The van der Waals surface area contributed by atoms with Crippen molar-refractivity contribution in [1.29, 1.82) is 0 Å². The summed E-state index contributed by atoms with van der Waals surface area (Å²) in [6, 6.07) is 13.4. The number of methoxy groups -OCH3 is 1. The van der Waals surface area contributed by atoms with Crippen LogP contribution in [0.4, 0.5) is 5.69 Å². The fraction of sp³-hybridized carbons (Fsp3) is 0.435. The van der Waals surface area contributed by atoms with Crippen LogP contribution >= 0.6 is 0 Å². The maximum Gasteiger partial charge on any atom is 0.251 e. The van der Waals surface area contributed by atoms with E-state index in [1.807, 2.05) is 18.2 Å². The topological polar surface area (TPSA) is 79.0 Å². The molecule has 2 aliphatic rings. The minimum absolute atomic E-state index is 0.104. The molecule has 2 aliphatic heterocycles. The molecule has 0 aliphatic carbocycles. The van der Waals surface area contributed by atoms with Gasteiger partial charge in [-0.15, -0.1) is 0 Å². The number of anilines is 1. The van der Waals surface area contributed by atoms with Gasteiger partial charge < -0.3 is 10.1 Å². The summed E-state index contributed by atoms with van der Waals surface area (Å²) in [6.07, 6.45) is 4.16. The van der Waals surface area contributed by atoms with E-state index in [-0.39, 0.29) is 11.9 Å². The summed E-state index contributed by atoms with van der Waals surface area (Å²) >= 11 is 0. The molecule has 1 atom stereocenters. The molecule has 31 heavy (non-hydrogen) atoms. The molecule has 0 unspecified atom stereocenters. The van der Waals surface area contributed by atoms with Gasteiger partial charge in [-0.05, 0) is 73.8 Å². The lowest BCUT2D eigenvalue weighted by molar-refractivity contribution is 0.0938. The fourth-order valence-corrected chi connectivity index (χ4v) is 5.44. The number of carbonyl (C=O) groups excluding carboxylic acids is 1. The van der Waals surface area contributed by atoms with Crippen LogP contribution in [0.5, 0.6) is 5.75 Å². The molecule has 2 heterocycles. The zero-order valence-electron chi connectivity index (χ0n) is 18.0. The number of sulfonamides is 1. The Hall–Kier alpha value is -2.58. The molecule has 0 spiro atoms. The fourth-order valence-electron chi connectivity index (χ4n) is 4.49. The number of hydrogen-bond donors (Lipinski definition) is 1. The number of hydrogen-bond acceptors (Lipinski definition) is 5. The molecule has 1 N–H and O–H groups in total. The summed E-state index contributed by atoms with van der Waals surface area (Å²) in [6.45, 7) is 2.98. The van der Waals surface area contributed by atoms with Gasteiger partial charge in [0.15, 0.2) is 0 Å². The summed E-state index contributed by atoms with van der Waals surface area (Å²) in [5, 5.41) is 3.09. The predicted octanol–water partition coefficient (Wildman–Crippen LogP) is 2.58. The van der Waals surface area contributed by atoms with Gasteiger partial charge >= 0.3 is 0 Å². The smallest absolute Gasteiger partial charge is 0.251 e. The number of ether oxygens (including phenoxy) is 1. The largest absolute Gasteiger partial charge is 0.497 e. The van der Waals surface area contributed by atoms with Gasteiger partial charge in [-0.2, -0.15) is 0 Å². The second-order valence-electron chi connectivity index (χ2n) is 8.17. The lowest BCUT2D eigenvalue weighted by Crippen LogP contribution is -2.36. The van der Waals surface area contributed by atoms with Gasteiger partial charge in [-0.25, -0.2) is 8.42 Å². The number of likely N-dealkylation sites (tertiary alicyclic amines) is 1. The van der Waals surface area contributed by atoms with E-state index >= 15 is 0 Å². The Labute approximate surface area is 184 Å². The van der Waals surface area contributed by atoms with Gasteiger partial charge in [0.2, 0.25) is 10.0 Å². The monoisotopic (exact) mass is 443 g/mol. The van der Waals surface area contributed by atoms with E-state index in [0.717, 1.165) is 30.0 Å². The maximum absolute atomic E-state index is 12.9. The second kappa shape index (κ2) is 8.88. The zero-order valence-corrected chi connectivity index (χ0v) is 18.8. The molecule has 4 rings (SSSR count). The molecule has 1 saturated heterocycles. The van der Waals surface area contributed by atoms with Crippen molar-refractivity contribution in [1.82, 2.24) is 10.2 Å². The first-order chi connectivity index (χ1) is 14.9. The van der Waals surface area contributed by atoms with E-state index in [4.69, 9.17) is 4.74 Å². The van der Waals surface area contributed by atoms with E-state index in [9.17, 15) is 13.2 Å². The number of nitrogens with one attached hydrogen (secondary N) is 1. The van der Waals surface area contributed by atoms with Crippen LogP contribution in [-0.2, 0) is 16.4 Å². The van der Waals surface area contributed by atoms with E-state index in [1.54, 1.807) is 19.2 Å². The lowest BCUT2D eigenvalue weighted by atomic mass is 10.0. The minimum atomic E-state index is -3.30. The summed E-state index contributed by atoms with van der Waals surface area (Å²) in [7, 11) is -1.65. The maximum atomic E-state index is 12.9. The van der Waals surface area contributed by atoms with Crippen LogP contribution < -0.4 is 14.4 Å². The average molecular weight is 444 g/mol. The van der Waals surface area contributed by atoms with Crippen molar-refractivity contribution in [3.8, 4) is 5.75 Å². The Bertz CT molecular complexity index is 1050. The molecule has 0 bridgehead atoms. The number of amides is 1. The Morgan fingerprint density at radius 3 is 2.45 bits per heavy atom. The summed E-state index contributed by atoms with van der Waals surface area (Å²) in [4.78, 5) is 15.3. The van der Waals surface area contributed by atoms with E-state index in [0.29, 0.717) is 30.8 Å². The van der Waals surface area contributed by atoms with Crippen LogP contribution in [0, 0.1) is 0 Å². The average Bonchev–Trinajstić information content (AvgIpc) is 3.43. The van der Waals surface area contributed by atoms with Crippen LogP contribution in [0.1, 0.15) is 40.4 Å². The van der Waals surface area contributed by atoms with Gasteiger partial charge in [0.1, 0.15) is 5.75 Å². The van der Waals surface area contributed by atoms with E-state index < -0.39 is 10.0 Å². The Morgan fingerprint density at radius 1 is 1.10 bits per heavy atom. The standard InChI is InChI=1S/C23H29N3O4S/c1-30-20-8-5-17(6-9-20)22(25-12-3-4-13-25)16-24-23(27)19-7-10-21-18(15-19)11-14-26(21)31(2,28)29/h5-10,15,22H,3-4,11-14,16H2,1-2H3,(H,24,27)/t22-/m0/s1. The number of rotatable bonds is 7. The first kappa shape index (κ1) is 21.6. The molecule has 8 heteroatoms. The summed E-state index contributed by atoms with van der Waals surface area (Å²) in [5.41, 5.74) is 3.28. The molecule has 2 aromatic rings. The van der Waals surface area contributed by atoms with Gasteiger partial charge in [-0.3, -0.25) is 14.0 Å². The molecular weight excluding hydrogens is 414 g/mol. The third-order valence-electron chi connectivity index (χ3n) is 6.13. The van der Waals surface area contributed by atoms with E-state index in [1.165, 1.54) is 23.4 Å². The molecule has 2 aromatic carbocycles. The highest BCUT2D eigenvalue weighted by Crippen LogP contribution is 2.31. The molecule has 0 aromatic heterocycles. The quantitative estimate of drug-likeness (QED) is 0.712. The number of nitrogens with zero attached hydrogens (tertiary/aromatic N) is 2. The summed E-state index contributed by atoms with van der Waals surface area (Å²) < 4.78 is 30.5. The highest BCUT2D eigenvalue weighted by atomic mass is 32.2. The summed E-state index contributed by atoms with van der Waals surface area (Å²) in [5.74, 6) is 0.674. The molecule has 7 nitrogen and oxygen atoms in total. The number of carbonyl (C=O) groups is 1. The van der Waals surface area contributed by atoms with Crippen LogP contribution in [0.2, 0.25) is 0 Å². The third kappa shape index (κ3) is 4.70. The van der Waals surface area contributed by atoms with Crippen molar-refractivity contribution in [2.24, 2.45) is 0 Å². The molecule has 0 radical (unpaired) electrons. The molecule has 1 amide bonds. The van der Waals surface area contributed by atoms with Crippen molar-refractivity contribution in [2.75, 3.05) is 43.8 Å². The van der Waals surface area contributed by atoms with Crippen molar-refractivity contribution in [3.05, 3.63) is 59.2 Å². The molecular formula is C23H29N3O4S. The predicted molar refractivity (Wildman–Crippen MR) is 121 cm³/mol. The van der Waals surface area contributed by atoms with Crippen LogP contribution in [0.15, 0.2) is 42.5 Å². The van der Waals surface area contributed by atoms with Gasteiger partial charge in [0.25, 0.3) is 5.91 Å². The number of fused-ring (bicyclic) bond motifs is 1. The SMILES string of the molecule is COc1ccc([C@H](CNC(=O)c2ccc3c(c2)CCN3S(C)(=O)=O)N2CCCC2)cc1. The van der Waals surface area contributed by atoms with Crippen LogP contribution in [-0.4, -0.2) is 58.8 Å². The van der Waals surface area contributed by atoms with Crippen molar-refractivity contribution >= 4 is 21.6 Å². The highest BCUT2D eigenvalue weighted by molar-refractivity contribution is 7.92. The Balaban J connectivity index is 1.48. The Morgan fingerprint density at radius 2 is 1.81 bits per heavy atom. The zero-order chi connectivity index (χ0) is 22.0. The highest BCUT2D eigenvalue weighted by Gasteiger charge is 2.27. The molecule has 1 fully saturated rings. The minimum Gasteiger partial charge on any atom is -0.497 e.